The van der Waals surface area contributed by atoms with Gasteiger partial charge < -0.3 is 4.90 Å². The van der Waals surface area contributed by atoms with E-state index < -0.39 is 0 Å². The standard InChI is InChI=1S/C13H16N4OS/c1-3-17(4-2)13(18)16-12-15-11(9-19-12)10-6-5-7-14-8-10/h5-9H,3-4H2,1-2H3,(H,15,16,18). The third kappa shape index (κ3) is 3.29. The molecule has 0 aromatic carbocycles. The molecule has 0 aliphatic heterocycles. The van der Waals surface area contributed by atoms with Gasteiger partial charge >= 0.3 is 6.03 Å². The second-order valence-corrected chi connectivity index (χ2v) is 4.74. The molecule has 2 heterocycles. The molecule has 0 unspecified atom stereocenters. The van der Waals surface area contributed by atoms with E-state index >= 15 is 0 Å². The average Bonchev–Trinajstić information content (AvgIpc) is 2.89. The Morgan fingerprint density at radius 3 is 2.84 bits per heavy atom. The zero-order valence-corrected chi connectivity index (χ0v) is 11.8. The van der Waals surface area contributed by atoms with E-state index in [0.29, 0.717) is 18.2 Å². The van der Waals surface area contributed by atoms with Crippen molar-refractivity contribution in [1.29, 1.82) is 0 Å². The molecule has 100 valence electrons. The number of carbonyl (C=O) groups excluding carboxylic acids is 1. The summed E-state index contributed by atoms with van der Waals surface area (Å²) >= 11 is 1.41. The third-order valence-corrected chi connectivity index (χ3v) is 3.48. The van der Waals surface area contributed by atoms with E-state index in [2.05, 4.69) is 15.3 Å². The molecule has 5 nitrogen and oxygen atoms in total. The van der Waals surface area contributed by atoms with Gasteiger partial charge in [0, 0.05) is 36.4 Å². The molecular weight excluding hydrogens is 260 g/mol. The number of hydrogen-bond donors (Lipinski definition) is 1. The van der Waals surface area contributed by atoms with E-state index in [0.717, 1.165) is 11.3 Å². The number of rotatable bonds is 4. The van der Waals surface area contributed by atoms with Crippen LogP contribution in [-0.2, 0) is 0 Å². The second-order valence-electron chi connectivity index (χ2n) is 3.88. The fourth-order valence-corrected chi connectivity index (χ4v) is 2.37. The molecule has 2 aromatic heterocycles. The van der Waals surface area contributed by atoms with Crippen LogP contribution < -0.4 is 5.32 Å². The van der Waals surface area contributed by atoms with Crippen LogP contribution >= 0.6 is 11.3 Å². The van der Waals surface area contributed by atoms with Gasteiger partial charge in [0.25, 0.3) is 0 Å². The van der Waals surface area contributed by atoms with Crippen LogP contribution in [0.3, 0.4) is 0 Å². The van der Waals surface area contributed by atoms with Gasteiger partial charge in [-0.2, -0.15) is 0 Å². The summed E-state index contributed by atoms with van der Waals surface area (Å²) in [6, 6.07) is 3.69. The number of pyridine rings is 1. The molecule has 0 aliphatic carbocycles. The first kappa shape index (κ1) is 13.5. The maximum Gasteiger partial charge on any atom is 0.323 e. The van der Waals surface area contributed by atoms with Gasteiger partial charge in [0.2, 0.25) is 0 Å². The van der Waals surface area contributed by atoms with Crippen molar-refractivity contribution in [3.63, 3.8) is 0 Å². The zero-order chi connectivity index (χ0) is 13.7. The van der Waals surface area contributed by atoms with Gasteiger partial charge in [0.05, 0.1) is 5.69 Å². The summed E-state index contributed by atoms with van der Waals surface area (Å²) in [5, 5.41) is 5.33. The molecule has 6 heteroatoms. The maximum absolute atomic E-state index is 11.9. The molecule has 0 spiro atoms. The highest BCUT2D eigenvalue weighted by atomic mass is 32.1. The number of amides is 2. The van der Waals surface area contributed by atoms with Crippen LogP contribution in [0.4, 0.5) is 9.93 Å². The second kappa shape index (κ2) is 6.29. The van der Waals surface area contributed by atoms with Gasteiger partial charge in [-0.05, 0) is 26.0 Å². The van der Waals surface area contributed by atoms with Crippen LogP contribution in [0.2, 0.25) is 0 Å². The van der Waals surface area contributed by atoms with Gasteiger partial charge in [0.15, 0.2) is 5.13 Å². The topological polar surface area (TPSA) is 58.1 Å². The van der Waals surface area contributed by atoms with E-state index in [1.54, 1.807) is 17.3 Å². The summed E-state index contributed by atoms with van der Waals surface area (Å²) in [6.45, 7) is 5.27. The van der Waals surface area contributed by atoms with Gasteiger partial charge in [0.1, 0.15) is 0 Å². The van der Waals surface area contributed by atoms with Crippen molar-refractivity contribution < 1.29 is 4.79 Å². The van der Waals surface area contributed by atoms with Gasteiger partial charge in [-0.15, -0.1) is 11.3 Å². The minimum atomic E-state index is -0.114. The Bertz CT molecular complexity index is 537. The monoisotopic (exact) mass is 276 g/mol. The number of thiazole rings is 1. The van der Waals surface area contributed by atoms with Crippen molar-refractivity contribution in [3.05, 3.63) is 29.9 Å². The molecular formula is C13H16N4OS. The Kier molecular flexibility index (Phi) is 4.46. The highest BCUT2D eigenvalue weighted by Crippen LogP contribution is 2.24. The highest BCUT2D eigenvalue weighted by Gasteiger charge is 2.12. The summed E-state index contributed by atoms with van der Waals surface area (Å²) in [5.41, 5.74) is 1.77. The summed E-state index contributed by atoms with van der Waals surface area (Å²) in [5.74, 6) is 0. The van der Waals surface area contributed by atoms with Gasteiger partial charge in [-0.3, -0.25) is 10.3 Å². The fraction of sp³-hybridized carbons (Fsp3) is 0.308. The van der Waals surface area contributed by atoms with Crippen molar-refractivity contribution in [2.45, 2.75) is 13.8 Å². The smallest absolute Gasteiger partial charge is 0.323 e. The average molecular weight is 276 g/mol. The normalized spacial score (nSPS) is 10.2. The zero-order valence-electron chi connectivity index (χ0n) is 11.0. The summed E-state index contributed by atoms with van der Waals surface area (Å²) in [4.78, 5) is 22.0. The van der Waals surface area contributed by atoms with Crippen LogP contribution in [0.1, 0.15) is 13.8 Å². The van der Waals surface area contributed by atoms with Crippen LogP contribution in [0.5, 0.6) is 0 Å². The maximum atomic E-state index is 11.9. The summed E-state index contributed by atoms with van der Waals surface area (Å²) in [6.07, 6.45) is 3.48. The third-order valence-electron chi connectivity index (χ3n) is 2.73. The first-order valence-corrected chi connectivity index (χ1v) is 7.04. The molecule has 0 radical (unpaired) electrons. The molecule has 0 bridgehead atoms. The van der Waals surface area contributed by atoms with Crippen molar-refractivity contribution in [1.82, 2.24) is 14.9 Å². The lowest BCUT2D eigenvalue weighted by molar-refractivity contribution is 0.217. The minimum Gasteiger partial charge on any atom is -0.325 e. The van der Waals surface area contributed by atoms with Crippen LogP contribution in [0.25, 0.3) is 11.3 Å². The Labute approximate surface area is 116 Å². The number of anilines is 1. The lowest BCUT2D eigenvalue weighted by atomic mass is 10.2. The Morgan fingerprint density at radius 1 is 1.42 bits per heavy atom. The van der Waals surface area contributed by atoms with Crippen molar-refractivity contribution >= 4 is 22.5 Å². The molecule has 0 atom stereocenters. The molecule has 0 saturated heterocycles. The number of carbonyl (C=O) groups is 1. The van der Waals surface area contributed by atoms with Gasteiger partial charge in [-0.25, -0.2) is 9.78 Å². The molecule has 0 saturated carbocycles. The molecule has 2 rings (SSSR count). The number of nitrogens with one attached hydrogen (secondary N) is 1. The van der Waals surface area contributed by atoms with E-state index in [1.807, 2.05) is 31.4 Å². The van der Waals surface area contributed by atoms with Crippen molar-refractivity contribution in [3.8, 4) is 11.3 Å². The van der Waals surface area contributed by atoms with Gasteiger partial charge in [-0.1, -0.05) is 0 Å². The van der Waals surface area contributed by atoms with E-state index in [4.69, 9.17) is 0 Å². The van der Waals surface area contributed by atoms with E-state index in [9.17, 15) is 4.79 Å². The largest absolute Gasteiger partial charge is 0.325 e. The lowest BCUT2D eigenvalue weighted by Gasteiger charge is -2.17. The SMILES string of the molecule is CCN(CC)C(=O)Nc1nc(-c2cccnc2)cs1. The van der Waals surface area contributed by atoms with Crippen LogP contribution in [0.15, 0.2) is 29.9 Å². The molecule has 0 aliphatic rings. The summed E-state index contributed by atoms with van der Waals surface area (Å²) in [7, 11) is 0. The quantitative estimate of drug-likeness (QED) is 0.933. The lowest BCUT2D eigenvalue weighted by Crippen LogP contribution is -2.34. The van der Waals surface area contributed by atoms with E-state index in [1.165, 1.54) is 11.3 Å². The van der Waals surface area contributed by atoms with Crippen LogP contribution in [0, 0.1) is 0 Å². The Balaban J connectivity index is 2.08. The summed E-state index contributed by atoms with van der Waals surface area (Å²) < 4.78 is 0. The predicted octanol–water partition coefficient (Wildman–Crippen LogP) is 3.08. The number of aromatic nitrogens is 2. The predicted molar refractivity (Wildman–Crippen MR) is 77.3 cm³/mol. The minimum absolute atomic E-state index is 0.114. The van der Waals surface area contributed by atoms with Crippen molar-refractivity contribution in [2.75, 3.05) is 18.4 Å². The van der Waals surface area contributed by atoms with E-state index in [-0.39, 0.29) is 6.03 Å². The molecule has 1 N–H and O–H groups in total. The van der Waals surface area contributed by atoms with Crippen molar-refractivity contribution in [2.24, 2.45) is 0 Å². The molecule has 2 amide bonds. The Morgan fingerprint density at radius 2 is 2.21 bits per heavy atom. The first-order chi connectivity index (χ1) is 9.24. The molecule has 0 fully saturated rings. The number of urea groups is 1. The highest BCUT2D eigenvalue weighted by molar-refractivity contribution is 7.14. The Hall–Kier alpha value is -1.95. The first-order valence-electron chi connectivity index (χ1n) is 6.16. The fourth-order valence-electron chi connectivity index (χ4n) is 1.66. The van der Waals surface area contributed by atoms with Crippen LogP contribution in [-0.4, -0.2) is 34.0 Å². The number of hydrogen-bond acceptors (Lipinski definition) is 4. The molecule has 2 aromatic rings. The molecule has 19 heavy (non-hydrogen) atoms. The number of nitrogens with zero attached hydrogens (tertiary/aromatic N) is 3.